The lowest BCUT2D eigenvalue weighted by Gasteiger charge is -2.15. The minimum Gasteiger partial charge on any atom is -0.493 e. The van der Waals surface area contributed by atoms with Gasteiger partial charge in [0.05, 0.1) is 17.3 Å². The van der Waals surface area contributed by atoms with Gasteiger partial charge in [0.25, 0.3) is 0 Å². The number of hydrogen-bond acceptors (Lipinski definition) is 4. The smallest absolute Gasteiger partial charge is 0.142 e. The van der Waals surface area contributed by atoms with Crippen molar-refractivity contribution < 1.29 is 4.74 Å². The SMILES string of the molecule is CCOc1ccc(Br)cc1-c1cc(-c2ccc(Cl)cc2Cl)nc(N)c1C#N. The Bertz CT molecular complexity index is 1060. The molecule has 4 nitrogen and oxygen atoms in total. The van der Waals surface area contributed by atoms with E-state index in [0.29, 0.717) is 39.2 Å². The number of hydrogen-bond donors (Lipinski definition) is 1. The van der Waals surface area contributed by atoms with Gasteiger partial charge in [0.1, 0.15) is 23.2 Å². The normalized spacial score (nSPS) is 10.5. The molecule has 1 heterocycles. The topological polar surface area (TPSA) is 71.9 Å². The summed E-state index contributed by atoms with van der Waals surface area (Å²) in [6.07, 6.45) is 0. The Morgan fingerprint density at radius 2 is 1.89 bits per heavy atom. The number of rotatable bonds is 4. The summed E-state index contributed by atoms with van der Waals surface area (Å²) >= 11 is 15.8. The maximum atomic E-state index is 9.64. The Hall–Kier alpha value is -2.26. The first-order valence-corrected chi connectivity index (χ1v) is 9.58. The summed E-state index contributed by atoms with van der Waals surface area (Å²) in [5.41, 5.74) is 8.95. The molecule has 0 aliphatic carbocycles. The Morgan fingerprint density at radius 3 is 2.56 bits per heavy atom. The zero-order valence-corrected chi connectivity index (χ0v) is 17.4. The fourth-order valence-electron chi connectivity index (χ4n) is 2.72. The number of ether oxygens (including phenoxy) is 1. The third kappa shape index (κ3) is 4.03. The van der Waals surface area contributed by atoms with Crippen LogP contribution in [0.2, 0.25) is 10.0 Å². The highest BCUT2D eigenvalue weighted by atomic mass is 79.9. The molecule has 0 saturated carbocycles. The van der Waals surface area contributed by atoms with Crippen LogP contribution in [0.15, 0.2) is 46.9 Å². The van der Waals surface area contributed by atoms with Crippen LogP contribution in [-0.4, -0.2) is 11.6 Å². The summed E-state index contributed by atoms with van der Waals surface area (Å²) in [6.45, 7) is 2.39. The van der Waals surface area contributed by atoms with Crippen molar-refractivity contribution in [1.82, 2.24) is 4.98 Å². The number of benzene rings is 2. The Labute approximate surface area is 175 Å². The van der Waals surface area contributed by atoms with Crippen LogP contribution in [0.4, 0.5) is 5.82 Å². The summed E-state index contributed by atoms with van der Waals surface area (Å²) in [6, 6.07) is 14.7. The van der Waals surface area contributed by atoms with Crippen molar-refractivity contribution in [3.05, 3.63) is 62.5 Å². The molecule has 1 aromatic heterocycles. The Kier molecular flexibility index (Phi) is 5.91. The molecule has 2 aromatic carbocycles. The summed E-state index contributed by atoms with van der Waals surface area (Å²) in [7, 11) is 0. The van der Waals surface area contributed by atoms with Gasteiger partial charge in [-0.25, -0.2) is 4.98 Å². The predicted octanol–water partition coefficient (Wildman–Crippen LogP) is 6.34. The molecule has 0 unspecified atom stereocenters. The molecule has 0 aliphatic rings. The number of nitriles is 1. The van der Waals surface area contributed by atoms with E-state index in [1.54, 1.807) is 24.3 Å². The van der Waals surface area contributed by atoms with Crippen molar-refractivity contribution in [2.75, 3.05) is 12.3 Å². The molecule has 0 radical (unpaired) electrons. The molecule has 0 aliphatic heterocycles. The van der Waals surface area contributed by atoms with Crippen LogP contribution < -0.4 is 10.5 Å². The van der Waals surface area contributed by atoms with E-state index in [2.05, 4.69) is 27.0 Å². The van der Waals surface area contributed by atoms with Gasteiger partial charge in [0.15, 0.2) is 0 Å². The molecule has 3 rings (SSSR count). The number of aromatic nitrogens is 1. The van der Waals surface area contributed by atoms with Gasteiger partial charge in [-0.15, -0.1) is 0 Å². The summed E-state index contributed by atoms with van der Waals surface area (Å²) < 4.78 is 6.59. The van der Waals surface area contributed by atoms with Crippen molar-refractivity contribution >= 4 is 44.9 Å². The Balaban J connectivity index is 2.29. The first kappa shape index (κ1) is 19.5. The summed E-state index contributed by atoms with van der Waals surface area (Å²) in [5, 5.41) is 10.6. The van der Waals surface area contributed by atoms with Gasteiger partial charge in [-0.1, -0.05) is 39.1 Å². The average Bonchev–Trinajstić information content (AvgIpc) is 2.62. The van der Waals surface area contributed by atoms with Crippen molar-refractivity contribution in [2.24, 2.45) is 0 Å². The highest BCUT2D eigenvalue weighted by Crippen LogP contribution is 2.39. The summed E-state index contributed by atoms with van der Waals surface area (Å²) in [5.74, 6) is 0.773. The minimum atomic E-state index is 0.124. The minimum absolute atomic E-state index is 0.124. The largest absolute Gasteiger partial charge is 0.493 e. The van der Waals surface area contributed by atoms with Gasteiger partial charge in [0, 0.05) is 26.2 Å². The zero-order valence-electron chi connectivity index (χ0n) is 14.3. The van der Waals surface area contributed by atoms with Crippen LogP contribution >= 0.6 is 39.1 Å². The zero-order chi connectivity index (χ0) is 19.6. The molecule has 0 amide bonds. The lowest BCUT2D eigenvalue weighted by molar-refractivity contribution is 0.341. The standard InChI is InChI=1S/C20H14BrCl2N3O/c1-2-27-19-6-3-11(21)7-15(19)14-9-18(26-20(25)16(14)10-24)13-5-4-12(22)8-17(13)23/h3-9H,2H2,1H3,(H2,25,26). The third-order valence-corrected chi connectivity index (χ3v) is 4.94. The van der Waals surface area contributed by atoms with Crippen molar-refractivity contribution in [1.29, 1.82) is 5.26 Å². The molecule has 2 N–H and O–H groups in total. The van der Waals surface area contributed by atoms with E-state index in [1.165, 1.54) is 0 Å². The molecule has 0 atom stereocenters. The molecular formula is C20H14BrCl2N3O. The second-order valence-corrected chi connectivity index (χ2v) is 7.38. The molecule has 27 heavy (non-hydrogen) atoms. The van der Waals surface area contributed by atoms with Gasteiger partial charge in [-0.3, -0.25) is 0 Å². The number of nitrogens with zero attached hydrogens (tertiary/aromatic N) is 2. The Morgan fingerprint density at radius 1 is 1.11 bits per heavy atom. The molecular weight excluding hydrogens is 449 g/mol. The third-order valence-electron chi connectivity index (χ3n) is 3.90. The maximum absolute atomic E-state index is 9.64. The quantitative estimate of drug-likeness (QED) is 0.491. The fourth-order valence-corrected chi connectivity index (χ4v) is 3.59. The lowest BCUT2D eigenvalue weighted by Crippen LogP contribution is -2.01. The maximum Gasteiger partial charge on any atom is 0.142 e. The molecule has 7 heteroatoms. The highest BCUT2D eigenvalue weighted by molar-refractivity contribution is 9.10. The first-order chi connectivity index (χ1) is 12.9. The second kappa shape index (κ2) is 8.18. The highest BCUT2D eigenvalue weighted by Gasteiger charge is 2.18. The second-order valence-electron chi connectivity index (χ2n) is 5.62. The number of pyridine rings is 1. The van der Waals surface area contributed by atoms with Crippen LogP contribution in [0.3, 0.4) is 0 Å². The van der Waals surface area contributed by atoms with Gasteiger partial charge >= 0.3 is 0 Å². The molecule has 0 saturated heterocycles. The van der Waals surface area contributed by atoms with E-state index in [-0.39, 0.29) is 11.4 Å². The van der Waals surface area contributed by atoms with Gasteiger partial charge in [0.2, 0.25) is 0 Å². The molecule has 0 fully saturated rings. The van der Waals surface area contributed by atoms with E-state index in [4.69, 9.17) is 33.7 Å². The van der Waals surface area contributed by atoms with Gasteiger partial charge < -0.3 is 10.5 Å². The first-order valence-electron chi connectivity index (χ1n) is 8.03. The van der Waals surface area contributed by atoms with E-state index < -0.39 is 0 Å². The molecule has 136 valence electrons. The van der Waals surface area contributed by atoms with E-state index in [9.17, 15) is 5.26 Å². The van der Waals surface area contributed by atoms with E-state index in [0.717, 1.165) is 10.0 Å². The number of halogens is 3. The lowest BCUT2D eigenvalue weighted by atomic mass is 9.97. The fraction of sp³-hybridized carbons (Fsp3) is 0.100. The van der Waals surface area contributed by atoms with E-state index >= 15 is 0 Å². The average molecular weight is 463 g/mol. The predicted molar refractivity (Wildman–Crippen MR) is 113 cm³/mol. The van der Waals surface area contributed by atoms with Crippen LogP contribution in [0.5, 0.6) is 5.75 Å². The molecule has 0 spiro atoms. The van der Waals surface area contributed by atoms with Crippen LogP contribution in [-0.2, 0) is 0 Å². The van der Waals surface area contributed by atoms with Crippen LogP contribution in [0.1, 0.15) is 12.5 Å². The van der Waals surface area contributed by atoms with Gasteiger partial charge in [-0.05, 0) is 49.4 Å². The van der Waals surface area contributed by atoms with Crippen molar-refractivity contribution in [3.63, 3.8) is 0 Å². The van der Waals surface area contributed by atoms with Crippen molar-refractivity contribution in [3.8, 4) is 34.2 Å². The molecule has 3 aromatic rings. The van der Waals surface area contributed by atoms with Gasteiger partial charge in [-0.2, -0.15) is 5.26 Å². The monoisotopic (exact) mass is 461 g/mol. The summed E-state index contributed by atoms with van der Waals surface area (Å²) in [4.78, 5) is 4.36. The number of nitrogens with two attached hydrogens (primary N) is 1. The number of anilines is 1. The van der Waals surface area contributed by atoms with Crippen LogP contribution in [0, 0.1) is 11.3 Å². The van der Waals surface area contributed by atoms with E-state index in [1.807, 2.05) is 25.1 Å². The van der Waals surface area contributed by atoms with Crippen molar-refractivity contribution in [2.45, 2.75) is 6.92 Å². The number of nitrogen functional groups attached to an aromatic ring is 1. The molecule has 0 bridgehead atoms. The van der Waals surface area contributed by atoms with Crippen LogP contribution in [0.25, 0.3) is 22.4 Å².